The highest BCUT2D eigenvalue weighted by molar-refractivity contribution is 7.91. The monoisotopic (exact) mass is 718 g/mol. The highest BCUT2D eigenvalue weighted by Crippen LogP contribution is 2.46. The maximum absolute atomic E-state index is 14.6. The van der Waals surface area contributed by atoms with Gasteiger partial charge in [0, 0.05) is 23.9 Å². The normalized spacial score (nSPS) is 29.7. The first kappa shape index (κ1) is 35.2. The van der Waals surface area contributed by atoms with E-state index in [1.54, 1.807) is 6.20 Å². The van der Waals surface area contributed by atoms with Crippen LogP contribution in [0.3, 0.4) is 0 Å². The number of nitrogens with zero attached hydrogens (tertiary/aromatic N) is 2. The summed E-state index contributed by atoms with van der Waals surface area (Å²) in [5.74, 6) is -2.98. The Hall–Kier alpha value is -4.26. The average molecular weight is 719 g/mol. The van der Waals surface area contributed by atoms with E-state index < -0.39 is 62.6 Å². The van der Waals surface area contributed by atoms with Gasteiger partial charge in [-0.2, -0.15) is 0 Å². The number of pyridine rings is 1. The Labute approximate surface area is 298 Å². The van der Waals surface area contributed by atoms with Crippen LogP contribution >= 0.6 is 0 Å². The van der Waals surface area contributed by atoms with Crippen molar-refractivity contribution in [1.29, 1.82) is 0 Å². The van der Waals surface area contributed by atoms with Gasteiger partial charge in [0.1, 0.15) is 17.7 Å². The predicted molar refractivity (Wildman–Crippen MR) is 189 cm³/mol. The molecule has 4 bridgehead atoms. The fourth-order valence-electron chi connectivity index (χ4n) is 7.95. The molecule has 3 saturated carbocycles. The molecular weight excluding hydrogens is 673 g/mol. The molecule has 1 aromatic carbocycles. The van der Waals surface area contributed by atoms with Crippen LogP contribution in [0.15, 0.2) is 49.2 Å². The van der Waals surface area contributed by atoms with Gasteiger partial charge in [-0.3, -0.25) is 23.9 Å². The number of benzene rings is 1. The van der Waals surface area contributed by atoms with Crippen molar-refractivity contribution in [1.82, 2.24) is 19.9 Å². The molecule has 13 heteroatoms. The molecule has 2 aliphatic heterocycles. The molecule has 272 valence electrons. The smallest absolute Gasteiger partial charge is 0.306 e. The van der Waals surface area contributed by atoms with Gasteiger partial charge in [0.2, 0.25) is 27.7 Å². The minimum atomic E-state index is -3.87. The number of hydrogen-bond donors (Lipinski definition) is 2. The molecule has 0 radical (unpaired) electrons. The second-order valence-electron chi connectivity index (χ2n) is 14.7. The first-order valence-corrected chi connectivity index (χ1v) is 19.8. The van der Waals surface area contributed by atoms with Crippen LogP contribution in [0.4, 0.5) is 0 Å². The third-order valence-electron chi connectivity index (χ3n) is 11.1. The summed E-state index contributed by atoms with van der Waals surface area (Å²) in [6.45, 7) is 4.12. The Kier molecular flexibility index (Phi) is 9.93. The lowest BCUT2D eigenvalue weighted by Gasteiger charge is -2.31. The Morgan fingerprint density at radius 2 is 1.86 bits per heavy atom. The van der Waals surface area contributed by atoms with Crippen LogP contribution in [-0.2, 0) is 33.9 Å². The Balaban J connectivity index is 1.20. The van der Waals surface area contributed by atoms with E-state index >= 15 is 0 Å². The molecule has 3 amide bonds. The van der Waals surface area contributed by atoms with E-state index in [2.05, 4.69) is 27.7 Å². The second kappa shape index (κ2) is 14.4. The number of fused-ring (bicyclic) bond motifs is 3. The molecule has 4 fully saturated rings. The van der Waals surface area contributed by atoms with Crippen molar-refractivity contribution >= 4 is 50.6 Å². The number of esters is 1. The van der Waals surface area contributed by atoms with Gasteiger partial charge in [0.05, 0.1) is 30.7 Å². The topological polar surface area (TPSA) is 161 Å². The Morgan fingerprint density at radius 1 is 1.06 bits per heavy atom. The van der Waals surface area contributed by atoms with Gasteiger partial charge in [0.25, 0.3) is 5.91 Å². The third-order valence-corrected chi connectivity index (χ3v) is 13.0. The number of amides is 3. The van der Waals surface area contributed by atoms with Gasteiger partial charge in [-0.05, 0) is 80.4 Å². The molecule has 2 N–H and O–H groups in total. The lowest BCUT2D eigenvalue weighted by molar-refractivity contribution is -0.152. The average Bonchev–Trinajstić information content (AvgIpc) is 3.99. The quantitative estimate of drug-likeness (QED) is 0.316. The van der Waals surface area contributed by atoms with Crippen molar-refractivity contribution < 1.29 is 37.1 Å². The van der Waals surface area contributed by atoms with Gasteiger partial charge in [0.15, 0.2) is 0 Å². The standard InChI is InChI=1S/C38H46N4O8S/c1-2-27-22-38(27,37(46)41-51(47,48)29-14-15-29)40-34(44)32-20-28-23-42(32)36(45)31(25-10-6-7-11-25)21-33(43)49-18-8-4-3-5-9-24-12-13-26-16-17-39-35(50-28)30(26)19-24/h2,5,9,12-13,16-17,19,25,27-29,31-32H,1,3-4,6-8,10-11,14-15,18,20-23H2,(H,40,44)(H,41,46)/b9-5+/t27-,28+,31?,32-,38+/m0/s1. The second-order valence-corrected chi connectivity index (χ2v) is 16.7. The molecule has 12 nitrogen and oxygen atoms in total. The largest absolute Gasteiger partial charge is 0.472 e. The molecule has 5 aliphatic rings. The Bertz CT molecular complexity index is 1850. The van der Waals surface area contributed by atoms with Gasteiger partial charge in [-0.1, -0.05) is 43.2 Å². The number of ether oxygens (including phenoxy) is 2. The van der Waals surface area contributed by atoms with E-state index in [4.69, 9.17) is 9.47 Å². The molecule has 1 saturated heterocycles. The molecule has 1 aromatic heterocycles. The number of carbonyl (C=O) groups is 4. The maximum Gasteiger partial charge on any atom is 0.306 e. The summed E-state index contributed by atoms with van der Waals surface area (Å²) in [5.41, 5.74) is -0.534. The van der Waals surface area contributed by atoms with Crippen LogP contribution in [0.25, 0.3) is 16.8 Å². The number of rotatable bonds is 7. The summed E-state index contributed by atoms with van der Waals surface area (Å²) in [5, 5.41) is 3.95. The van der Waals surface area contributed by atoms with E-state index in [1.165, 1.54) is 11.0 Å². The van der Waals surface area contributed by atoms with Crippen molar-refractivity contribution in [3.8, 4) is 5.88 Å². The minimum absolute atomic E-state index is 0.0375. The van der Waals surface area contributed by atoms with E-state index in [1.807, 2.05) is 30.3 Å². The van der Waals surface area contributed by atoms with E-state index in [0.29, 0.717) is 25.1 Å². The zero-order valence-electron chi connectivity index (χ0n) is 28.8. The van der Waals surface area contributed by atoms with Gasteiger partial charge >= 0.3 is 5.97 Å². The summed E-state index contributed by atoms with van der Waals surface area (Å²) in [6, 6.07) is 6.87. The predicted octanol–water partition coefficient (Wildman–Crippen LogP) is 4.19. The van der Waals surface area contributed by atoms with Crippen LogP contribution in [0.1, 0.15) is 82.6 Å². The lowest BCUT2D eigenvalue weighted by Crippen LogP contribution is -2.57. The van der Waals surface area contributed by atoms with Gasteiger partial charge < -0.3 is 19.7 Å². The number of nitrogens with one attached hydrogen (secondary N) is 2. The lowest BCUT2D eigenvalue weighted by atomic mass is 9.86. The first-order valence-electron chi connectivity index (χ1n) is 18.3. The summed E-state index contributed by atoms with van der Waals surface area (Å²) >= 11 is 0. The van der Waals surface area contributed by atoms with Crippen molar-refractivity contribution in [2.45, 2.75) is 100.0 Å². The molecular formula is C38H46N4O8S. The number of aromatic nitrogens is 1. The van der Waals surface area contributed by atoms with Gasteiger partial charge in [-0.25, -0.2) is 13.4 Å². The number of sulfonamides is 1. The highest BCUT2D eigenvalue weighted by atomic mass is 32.2. The van der Waals surface area contributed by atoms with E-state index in [0.717, 1.165) is 54.9 Å². The molecule has 3 heterocycles. The number of cyclic esters (lactones) is 1. The van der Waals surface area contributed by atoms with E-state index in [9.17, 15) is 27.6 Å². The summed E-state index contributed by atoms with van der Waals surface area (Å²) in [7, 11) is -3.87. The fraction of sp³-hybridized carbons (Fsp3) is 0.553. The van der Waals surface area contributed by atoms with E-state index in [-0.39, 0.29) is 44.2 Å². The van der Waals surface area contributed by atoms with Crippen LogP contribution in [0, 0.1) is 17.8 Å². The third kappa shape index (κ3) is 7.54. The summed E-state index contributed by atoms with van der Waals surface area (Å²) in [4.78, 5) is 61.6. The van der Waals surface area contributed by atoms with Crippen molar-refractivity contribution in [3.05, 3.63) is 54.8 Å². The van der Waals surface area contributed by atoms with Crippen LogP contribution in [0.2, 0.25) is 0 Å². The molecule has 1 unspecified atom stereocenters. The zero-order chi connectivity index (χ0) is 35.8. The SMILES string of the molecule is C=C[C@H]1C[C@]1(NC(=O)[C@@H]1C[C@@H]2CN1C(=O)C(C1CCCC1)CC(=O)OCCCC/C=C/c1ccc3ccnc(c3c1)O2)C(=O)NS(=O)(=O)C1CC1. The molecule has 2 aromatic rings. The number of allylic oxidation sites excluding steroid dienone is 1. The minimum Gasteiger partial charge on any atom is -0.472 e. The molecule has 3 aliphatic carbocycles. The molecule has 0 spiro atoms. The van der Waals surface area contributed by atoms with Crippen molar-refractivity contribution in [3.63, 3.8) is 0 Å². The molecule has 7 rings (SSSR count). The summed E-state index contributed by atoms with van der Waals surface area (Å²) < 4.78 is 39.7. The number of carbonyl (C=O) groups excluding carboxylic acids is 4. The fourth-order valence-corrected chi connectivity index (χ4v) is 9.31. The van der Waals surface area contributed by atoms with Crippen molar-refractivity contribution in [2.75, 3.05) is 13.2 Å². The van der Waals surface area contributed by atoms with Crippen LogP contribution in [-0.4, -0.2) is 78.1 Å². The first-order chi connectivity index (χ1) is 24.6. The number of hydrogen-bond acceptors (Lipinski definition) is 9. The maximum atomic E-state index is 14.6. The molecule has 51 heavy (non-hydrogen) atoms. The Morgan fingerprint density at radius 3 is 2.61 bits per heavy atom. The van der Waals surface area contributed by atoms with Crippen LogP contribution in [0.5, 0.6) is 5.88 Å². The van der Waals surface area contributed by atoms with Crippen molar-refractivity contribution in [2.24, 2.45) is 17.8 Å². The summed E-state index contributed by atoms with van der Waals surface area (Å²) in [6.07, 6.45) is 13.7. The van der Waals surface area contributed by atoms with Gasteiger partial charge in [-0.15, -0.1) is 6.58 Å². The highest BCUT2D eigenvalue weighted by Gasteiger charge is 2.62. The molecule has 5 atom stereocenters. The zero-order valence-corrected chi connectivity index (χ0v) is 29.6. The van der Waals surface area contributed by atoms with Crippen LogP contribution < -0.4 is 14.8 Å².